The number of amides is 1. The average molecular weight is 210 g/mol. The van der Waals surface area contributed by atoms with Crippen LogP contribution in [0.2, 0.25) is 0 Å². The summed E-state index contributed by atoms with van der Waals surface area (Å²) in [6.45, 7) is 4.28. The van der Waals surface area contributed by atoms with E-state index in [1.807, 2.05) is 30.0 Å². The molecule has 4 nitrogen and oxygen atoms in total. The molecule has 3 N–H and O–H groups in total. The number of rotatable bonds is 5. The SMILES string of the molecule is CCC(O)c1ccn(CC(C)C(N)=O)c1. The van der Waals surface area contributed by atoms with Gasteiger partial charge in [-0.1, -0.05) is 13.8 Å². The molecule has 0 bridgehead atoms. The van der Waals surface area contributed by atoms with Crippen LogP contribution in [0, 0.1) is 5.92 Å². The van der Waals surface area contributed by atoms with Crippen molar-refractivity contribution in [1.82, 2.24) is 4.57 Å². The third kappa shape index (κ3) is 3.09. The molecule has 2 atom stereocenters. The van der Waals surface area contributed by atoms with Gasteiger partial charge in [-0.3, -0.25) is 4.79 Å². The van der Waals surface area contributed by atoms with Crippen molar-refractivity contribution in [3.05, 3.63) is 24.0 Å². The van der Waals surface area contributed by atoms with Gasteiger partial charge in [0.1, 0.15) is 0 Å². The van der Waals surface area contributed by atoms with E-state index in [9.17, 15) is 9.90 Å². The Morgan fingerprint density at radius 1 is 1.67 bits per heavy atom. The second-order valence-electron chi connectivity index (χ2n) is 3.87. The van der Waals surface area contributed by atoms with Gasteiger partial charge >= 0.3 is 0 Å². The van der Waals surface area contributed by atoms with Crippen molar-refractivity contribution in [1.29, 1.82) is 0 Å². The van der Waals surface area contributed by atoms with Gasteiger partial charge in [-0.25, -0.2) is 0 Å². The molecule has 0 saturated carbocycles. The van der Waals surface area contributed by atoms with Crippen LogP contribution in [0.15, 0.2) is 18.5 Å². The number of hydrogen-bond acceptors (Lipinski definition) is 2. The molecule has 0 fully saturated rings. The highest BCUT2D eigenvalue weighted by atomic mass is 16.3. The van der Waals surface area contributed by atoms with Crippen molar-refractivity contribution in [2.75, 3.05) is 0 Å². The lowest BCUT2D eigenvalue weighted by atomic mass is 10.1. The molecule has 1 amide bonds. The van der Waals surface area contributed by atoms with Gasteiger partial charge in [0.15, 0.2) is 0 Å². The second kappa shape index (κ2) is 4.98. The molecule has 0 radical (unpaired) electrons. The highest BCUT2D eigenvalue weighted by Gasteiger charge is 2.11. The van der Waals surface area contributed by atoms with Gasteiger partial charge in [0.25, 0.3) is 0 Å². The van der Waals surface area contributed by atoms with Gasteiger partial charge in [-0.15, -0.1) is 0 Å². The van der Waals surface area contributed by atoms with E-state index in [4.69, 9.17) is 5.73 Å². The molecule has 1 heterocycles. The maximum absolute atomic E-state index is 10.9. The molecule has 4 heteroatoms. The summed E-state index contributed by atoms with van der Waals surface area (Å²) >= 11 is 0. The smallest absolute Gasteiger partial charge is 0.222 e. The summed E-state index contributed by atoms with van der Waals surface area (Å²) in [6.07, 6.45) is 3.98. The summed E-state index contributed by atoms with van der Waals surface area (Å²) in [5.74, 6) is -0.495. The molecule has 84 valence electrons. The van der Waals surface area contributed by atoms with E-state index in [1.54, 1.807) is 6.92 Å². The molecular formula is C11H18N2O2. The van der Waals surface area contributed by atoms with E-state index in [-0.39, 0.29) is 11.8 Å². The first kappa shape index (κ1) is 11.8. The highest BCUT2D eigenvalue weighted by molar-refractivity contribution is 5.76. The molecule has 1 rings (SSSR count). The van der Waals surface area contributed by atoms with Crippen molar-refractivity contribution < 1.29 is 9.90 Å². The molecule has 0 aliphatic rings. The minimum absolute atomic E-state index is 0.191. The summed E-state index contributed by atoms with van der Waals surface area (Å²) in [6, 6.07) is 1.86. The lowest BCUT2D eigenvalue weighted by Gasteiger charge is -2.08. The Morgan fingerprint density at radius 3 is 2.87 bits per heavy atom. The van der Waals surface area contributed by atoms with Crippen LogP contribution in [0.1, 0.15) is 31.9 Å². The van der Waals surface area contributed by atoms with Crippen LogP contribution in [-0.4, -0.2) is 15.6 Å². The van der Waals surface area contributed by atoms with E-state index in [0.717, 1.165) is 5.56 Å². The second-order valence-corrected chi connectivity index (χ2v) is 3.87. The molecule has 15 heavy (non-hydrogen) atoms. The van der Waals surface area contributed by atoms with Crippen molar-refractivity contribution in [3.8, 4) is 0 Å². The summed E-state index contributed by atoms with van der Waals surface area (Å²) in [4.78, 5) is 10.9. The number of nitrogens with zero attached hydrogens (tertiary/aromatic N) is 1. The van der Waals surface area contributed by atoms with Gasteiger partial charge in [-0.2, -0.15) is 0 Å². The first-order chi connectivity index (χ1) is 7.04. The molecule has 2 unspecified atom stereocenters. The van der Waals surface area contributed by atoms with E-state index >= 15 is 0 Å². The monoisotopic (exact) mass is 210 g/mol. The molecule has 0 spiro atoms. The Labute approximate surface area is 89.7 Å². The lowest BCUT2D eigenvalue weighted by Crippen LogP contribution is -2.24. The normalized spacial score (nSPS) is 14.9. The van der Waals surface area contributed by atoms with E-state index in [2.05, 4.69) is 0 Å². The third-order valence-corrected chi connectivity index (χ3v) is 2.52. The number of aromatic nitrogens is 1. The molecule has 1 aromatic heterocycles. The summed E-state index contributed by atoms with van der Waals surface area (Å²) < 4.78 is 1.88. The predicted molar refractivity (Wildman–Crippen MR) is 58.0 cm³/mol. The van der Waals surface area contributed by atoms with Crippen molar-refractivity contribution in [2.45, 2.75) is 32.9 Å². The van der Waals surface area contributed by atoms with Gasteiger partial charge in [-0.05, 0) is 18.1 Å². The van der Waals surface area contributed by atoms with Crippen LogP contribution < -0.4 is 5.73 Å². The highest BCUT2D eigenvalue weighted by Crippen LogP contribution is 2.16. The zero-order valence-electron chi connectivity index (χ0n) is 9.18. The van der Waals surface area contributed by atoms with Crippen LogP contribution in [0.4, 0.5) is 0 Å². The Kier molecular flexibility index (Phi) is 3.91. The maximum atomic E-state index is 10.9. The average Bonchev–Trinajstić information content (AvgIpc) is 2.65. The Hall–Kier alpha value is -1.29. The summed E-state index contributed by atoms with van der Waals surface area (Å²) in [5, 5.41) is 9.58. The van der Waals surface area contributed by atoms with Crippen LogP contribution in [0.5, 0.6) is 0 Å². The molecule has 0 aliphatic carbocycles. The minimum Gasteiger partial charge on any atom is -0.388 e. The number of nitrogens with two attached hydrogens (primary N) is 1. The standard InChI is InChI=1S/C11H18N2O2/c1-3-10(14)9-4-5-13(7-9)6-8(2)11(12)15/h4-5,7-8,10,14H,3,6H2,1-2H3,(H2,12,15). The fraction of sp³-hybridized carbons (Fsp3) is 0.545. The van der Waals surface area contributed by atoms with E-state index < -0.39 is 6.10 Å². The summed E-state index contributed by atoms with van der Waals surface area (Å²) in [7, 11) is 0. The molecule has 0 aromatic carbocycles. The van der Waals surface area contributed by atoms with Gasteiger partial charge in [0.05, 0.1) is 12.0 Å². The zero-order valence-corrected chi connectivity index (χ0v) is 9.18. The quantitative estimate of drug-likeness (QED) is 0.762. The van der Waals surface area contributed by atoms with Crippen molar-refractivity contribution in [3.63, 3.8) is 0 Å². The first-order valence-electron chi connectivity index (χ1n) is 5.17. The van der Waals surface area contributed by atoms with Crippen LogP contribution in [0.25, 0.3) is 0 Å². The van der Waals surface area contributed by atoms with Gasteiger partial charge < -0.3 is 15.4 Å². The maximum Gasteiger partial charge on any atom is 0.222 e. The Bertz CT molecular complexity index is 333. The van der Waals surface area contributed by atoms with Crippen LogP contribution in [-0.2, 0) is 11.3 Å². The van der Waals surface area contributed by atoms with Gasteiger partial charge in [0, 0.05) is 18.9 Å². The third-order valence-electron chi connectivity index (χ3n) is 2.52. The summed E-state index contributed by atoms with van der Waals surface area (Å²) in [5.41, 5.74) is 6.06. The zero-order chi connectivity index (χ0) is 11.4. The first-order valence-corrected chi connectivity index (χ1v) is 5.17. The Balaban J connectivity index is 2.64. The van der Waals surface area contributed by atoms with Crippen molar-refractivity contribution in [2.24, 2.45) is 11.7 Å². The largest absolute Gasteiger partial charge is 0.388 e. The van der Waals surface area contributed by atoms with Crippen molar-refractivity contribution >= 4 is 5.91 Å². The van der Waals surface area contributed by atoms with E-state index in [1.165, 1.54) is 0 Å². The number of aliphatic hydroxyl groups is 1. The number of carbonyl (C=O) groups is 1. The van der Waals surface area contributed by atoms with Crippen LogP contribution in [0.3, 0.4) is 0 Å². The minimum atomic E-state index is -0.421. The fourth-order valence-electron chi connectivity index (χ4n) is 1.41. The van der Waals surface area contributed by atoms with Gasteiger partial charge in [0.2, 0.25) is 5.91 Å². The number of carbonyl (C=O) groups excluding carboxylic acids is 1. The molecule has 0 aliphatic heterocycles. The Morgan fingerprint density at radius 2 is 2.33 bits per heavy atom. The number of aliphatic hydroxyl groups excluding tert-OH is 1. The molecule has 0 saturated heterocycles. The fourth-order valence-corrected chi connectivity index (χ4v) is 1.41. The molecule has 1 aromatic rings. The number of primary amides is 1. The molecular weight excluding hydrogens is 192 g/mol. The topological polar surface area (TPSA) is 68.2 Å². The number of hydrogen-bond donors (Lipinski definition) is 2. The lowest BCUT2D eigenvalue weighted by molar-refractivity contribution is -0.121. The van der Waals surface area contributed by atoms with Crippen LogP contribution >= 0.6 is 0 Å². The predicted octanol–water partition coefficient (Wildman–Crippen LogP) is 1.05. The van der Waals surface area contributed by atoms with E-state index in [0.29, 0.717) is 13.0 Å².